The second kappa shape index (κ2) is 10.3. The predicted octanol–water partition coefficient (Wildman–Crippen LogP) is 1.04. The molecule has 0 unspecified atom stereocenters. The number of aliphatic hydroxyl groups excluding tert-OH is 1. The molecule has 1 aromatic heterocycles. The van der Waals surface area contributed by atoms with Crippen molar-refractivity contribution >= 4 is 24.2 Å². The van der Waals surface area contributed by atoms with E-state index in [9.17, 15) is 0 Å². The van der Waals surface area contributed by atoms with Gasteiger partial charge in [0.25, 0.3) is 0 Å². The van der Waals surface area contributed by atoms with E-state index in [1.54, 1.807) is 6.33 Å². The highest BCUT2D eigenvalue weighted by Gasteiger charge is 1.92. The van der Waals surface area contributed by atoms with Crippen molar-refractivity contribution in [2.45, 2.75) is 13.0 Å². The highest BCUT2D eigenvalue weighted by atomic mass is 35.5. The van der Waals surface area contributed by atoms with E-state index in [1.165, 1.54) is 0 Å². The maximum Gasteiger partial charge on any atom is 0.0922 e. The van der Waals surface area contributed by atoms with Gasteiger partial charge < -0.3 is 15.4 Å². The average molecular weight is 252 g/mol. The van der Waals surface area contributed by atoms with Crippen LogP contribution >= 0.6 is 24.2 Å². The molecule has 0 radical (unpaired) electrons. The number of H-pyrrole nitrogens is 1. The summed E-state index contributed by atoms with van der Waals surface area (Å²) in [6, 6.07) is 0. The fraction of sp³-hybridized carbons (Fsp3) is 0.667. The summed E-state index contributed by atoms with van der Waals surface area (Å²) >= 11 is 1.87. The first-order chi connectivity index (χ1) is 6.93. The fourth-order valence-corrected chi connectivity index (χ4v) is 1.84. The lowest BCUT2D eigenvalue weighted by Gasteiger charge is -2.02. The second-order valence-corrected chi connectivity index (χ2v) is 4.17. The Labute approximate surface area is 101 Å². The number of imidazole rings is 1. The molecule has 0 aliphatic rings. The van der Waals surface area contributed by atoms with E-state index >= 15 is 0 Å². The fourth-order valence-electron chi connectivity index (χ4n) is 1.02. The van der Waals surface area contributed by atoms with Gasteiger partial charge in [0.1, 0.15) is 0 Å². The Hall–Kier alpha value is -0.230. The number of halogens is 1. The molecule has 0 aromatic carbocycles. The molecule has 0 saturated carbocycles. The smallest absolute Gasteiger partial charge is 0.0922 e. The number of aliphatic hydroxyl groups is 1. The molecule has 4 nitrogen and oxygen atoms in total. The number of rotatable bonds is 8. The maximum absolute atomic E-state index is 8.55. The molecule has 3 N–H and O–H groups in total. The minimum atomic E-state index is 0. The van der Waals surface area contributed by atoms with Crippen molar-refractivity contribution in [1.29, 1.82) is 0 Å². The van der Waals surface area contributed by atoms with E-state index in [1.807, 2.05) is 18.0 Å². The third-order valence-electron chi connectivity index (χ3n) is 1.74. The first-order valence-electron chi connectivity index (χ1n) is 4.80. The Bertz CT molecular complexity index is 221. The lowest BCUT2D eigenvalue weighted by atomic mass is 10.5. The first kappa shape index (κ1) is 14.8. The summed E-state index contributed by atoms with van der Waals surface area (Å²) in [4.78, 5) is 6.97. The first-order valence-corrected chi connectivity index (χ1v) is 5.95. The highest BCUT2D eigenvalue weighted by molar-refractivity contribution is 7.99. The van der Waals surface area contributed by atoms with E-state index in [0.29, 0.717) is 6.61 Å². The quantitative estimate of drug-likeness (QED) is 0.604. The van der Waals surface area contributed by atoms with E-state index < -0.39 is 0 Å². The third-order valence-corrected chi connectivity index (χ3v) is 2.81. The molecule has 0 amide bonds. The van der Waals surface area contributed by atoms with Gasteiger partial charge in [-0.2, -0.15) is 11.8 Å². The van der Waals surface area contributed by atoms with Gasteiger partial charge in [0.2, 0.25) is 0 Å². The zero-order valence-electron chi connectivity index (χ0n) is 8.61. The Morgan fingerprint density at radius 3 is 3.00 bits per heavy atom. The van der Waals surface area contributed by atoms with Crippen LogP contribution in [0, 0.1) is 0 Å². The minimum absolute atomic E-state index is 0. The number of thioether (sulfide) groups is 1. The van der Waals surface area contributed by atoms with Crippen molar-refractivity contribution < 1.29 is 5.11 Å². The van der Waals surface area contributed by atoms with Crippen LogP contribution in [0.1, 0.15) is 12.1 Å². The molecule has 0 aliphatic heterocycles. The van der Waals surface area contributed by atoms with Crippen molar-refractivity contribution in [2.75, 3.05) is 24.7 Å². The number of aromatic nitrogens is 2. The van der Waals surface area contributed by atoms with Crippen molar-refractivity contribution in [3.63, 3.8) is 0 Å². The number of hydrogen-bond donors (Lipinski definition) is 3. The molecule has 6 heteroatoms. The van der Waals surface area contributed by atoms with Gasteiger partial charge in [0, 0.05) is 37.3 Å². The number of aromatic amines is 1. The molecule has 0 bridgehead atoms. The summed E-state index contributed by atoms with van der Waals surface area (Å²) in [7, 11) is 0. The van der Waals surface area contributed by atoms with Crippen LogP contribution in [0.4, 0.5) is 0 Å². The van der Waals surface area contributed by atoms with Crippen LogP contribution < -0.4 is 5.32 Å². The van der Waals surface area contributed by atoms with Gasteiger partial charge >= 0.3 is 0 Å². The Morgan fingerprint density at radius 1 is 1.47 bits per heavy atom. The predicted molar refractivity (Wildman–Crippen MR) is 66.6 cm³/mol. The molecule has 0 fully saturated rings. The molecule has 88 valence electrons. The van der Waals surface area contributed by atoms with Crippen molar-refractivity contribution in [3.05, 3.63) is 18.2 Å². The Kier molecular flexibility index (Phi) is 10.1. The summed E-state index contributed by atoms with van der Waals surface area (Å²) in [5.74, 6) is 2.14. The molecule has 0 saturated heterocycles. The van der Waals surface area contributed by atoms with E-state index in [2.05, 4.69) is 15.3 Å². The van der Waals surface area contributed by atoms with Crippen LogP contribution in [0.25, 0.3) is 0 Å². The van der Waals surface area contributed by atoms with E-state index in [0.717, 1.165) is 36.7 Å². The monoisotopic (exact) mass is 251 g/mol. The summed E-state index contributed by atoms with van der Waals surface area (Å²) in [5.41, 5.74) is 1.12. The van der Waals surface area contributed by atoms with Crippen LogP contribution in [0.3, 0.4) is 0 Å². The third kappa shape index (κ3) is 7.67. The summed E-state index contributed by atoms with van der Waals surface area (Å²) in [6.07, 6.45) is 4.41. The van der Waals surface area contributed by atoms with E-state index in [4.69, 9.17) is 5.11 Å². The molecular formula is C9H18ClN3OS. The number of hydrogen-bond acceptors (Lipinski definition) is 4. The van der Waals surface area contributed by atoms with Crippen LogP contribution in [-0.4, -0.2) is 39.7 Å². The van der Waals surface area contributed by atoms with Crippen molar-refractivity contribution in [1.82, 2.24) is 15.3 Å². The minimum Gasteiger partial charge on any atom is -0.396 e. The van der Waals surface area contributed by atoms with Crippen LogP contribution in [0.2, 0.25) is 0 Å². The van der Waals surface area contributed by atoms with E-state index in [-0.39, 0.29) is 12.4 Å². The van der Waals surface area contributed by atoms with Gasteiger partial charge in [-0.15, -0.1) is 12.4 Å². The lowest BCUT2D eigenvalue weighted by molar-refractivity contribution is 0.296. The topological polar surface area (TPSA) is 60.9 Å². The zero-order valence-corrected chi connectivity index (χ0v) is 10.2. The largest absolute Gasteiger partial charge is 0.396 e. The Balaban J connectivity index is 0.00000196. The van der Waals surface area contributed by atoms with Gasteiger partial charge in [-0.25, -0.2) is 4.98 Å². The van der Waals surface area contributed by atoms with Gasteiger partial charge in [0.15, 0.2) is 0 Å². The van der Waals surface area contributed by atoms with Gasteiger partial charge in [0.05, 0.1) is 6.33 Å². The van der Waals surface area contributed by atoms with Gasteiger partial charge in [-0.05, 0) is 12.2 Å². The summed E-state index contributed by atoms with van der Waals surface area (Å²) < 4.78 is 0. The molecule has 0 atom stereocenters. The molecule has 1 aromatic rings. The molecule has 15 heavy (non-hydrogen) atoms. The summed E-state index contributed by atoms with van der Waals surface area (Å²) in [5, 5.41) is 11.9. The zero-order chi connectivity index (χ0) is 10.1. The molecule has 0 spiro atoms. The molecule has 0 aliphatic carbocycles. The highest BCUT2D eigenvalue weighted by Crippen LogP contribution is 2.00. The van der Waals surface area contributed by atoms with Crippen LogP contribution in [0.15, 0.2) is 12.5 Å². The molecule has 1 rings (SSSR count). The molecular weight excluding hydrogens is 234 g/mol. The lowest BCUT2D eigenvalue weighted by Crippen LogP contribution is -2.16. The average Bonchev–Trinajstić information content (AvgIpc) is 2.69. The second-order valence-electron chi connectivity index (χ2n) is 2.94. The SMILES string of the molecule is Cl.OCCCSCCNCc1cnc[nH]1. The molecule has 1 heterocycles. The van der Waals surface area contributed by atoms with Gasteiger partial charge in [-0.1, -0.05) is 0 Å². The van der Waals surface area contributed by atoms with Crippen LogP contribution in [-0.2, 0) is 6.54 Å². The summed E-state index contributed by atoms with van der Waals surface area (Å²) in [6.45, 7) is 2.14. The van der Waals surface area contributed by atoms with Gasteiger partial charge in [-0.3, -0.25) is 0 Å². The van der Waals surface area contributed by atoms with Crippen LogP contribution in [0.5, 0.6) is 0 Å². The van der Waals surface area contributed by atoms with Crippen molar-refractivity contribution in [3.8, 4) is 0 Å². The normalized spacial score (nSPS) is 9.93. The number of nitrogens with one attached hydrogen (secondary N) is 2. The number of nitrogens with zero attached hydrogens (tertiary/aromatic N) is 1. The van der Waals surface area contributed by atoms with Crippen molar-refractivity contribution in [2.24, 2.45) is 0 Å². The maximum atomic E-state index is 8.55. The standard InChI is InChI=1S/C9H17N3OS.ClH/c13-3-1-4-14-5-2-10-6-9-7-11-8-12-9;/h7-8,10,13H,1-6H2,(H,11,12);1H. The Morgan fingerprint density at radius 2 is 2.33 bits per heavy atom.